The van der Waals surface area contributed by atoms with Gasteiger partial charge >= 0.3 is 0 Å². The Morgan fingerprint density at radius 1 is 1.29 bits per heavy atom. The first kappa shape index (κ1) is 10.5. The summed E-state index contributed by atoms with van der Waals surface area (Å²) in [5, 5.41) is 8.90. The third kappa shape index (κ3) is 1.86. The van der Waals surface area contributed by atoms with E-state index in [1.165, 1.54) is 10.9 Å². The van der Waals surface area contributed by atoms with E-state index in [0.29, 0.717) is 6.54 Å². The molecule has 0 saturated carbocycles. The van der Waals surface area contributed by atoms with E-state index in [9.17, 15) is 0 Å². The van der Waals surface area contributed by atoms with Crippen molar-refractivity contribution in [3.05, 3.63) is 46.3 Å². The zero-order valence-electron chi connectivity index (χ0n) is 9.22. The lowest BCUT2D eigenvalue weighted by Gasteiger charge is -2.03. The molecule has 0 aliphatic carbocycles. The predicted molar refractivity (Wildman–Crippen MR) is 67.8 cm³/mol. The average molecular weight is 292 g/mol. The van der Waals surface area contributed by atoms with E-state index in [-0.39, 0.29) is 0 Å². The van der Waals surface area contributed by atoms with E-state index >= 15 is 0 Å². The van der Waals surface area contributed by atoms with Crippen molar-refractivity contribution in [3.8, 4) is 0 Å². The molecule has 2 heterocycles. The van der Waals surface area contributed by atoms with Gasteiger partial charge in [0.05, 0.1) is 6.54 Å². The van der Waals surface area contributed by atoms with E-state index in [0.717, 1.165) is 15.9 Å². The predicted octanol–water partition coefficient (Wildman–Crippen LogP) is 3.14. The van der Waals surface area contributed by atoms with Crippen LogP contribution in [0.25, 0.3) is 10.9 Å². The summed E-state index contributed by atoms with van der Waals surface area (Å²) in [7, 11) is 0. The Hall–Kier alpha value is -1.62. The number of halogens is 1. The maximum Gasteiger partial charge on any atom is 0.127 e. The van der Waals surface area contributed by atoms with Crippen LogP contribution in [0, 0.1) is 6.92 Å². The molecular weight excluding hydrogens is 282 g/mol. The van der Waals surface area contributed by atoms with Gasteiger partial charge in [0.2, 0.25) is 0 Å². The van der Waals surface area contributed by atoms with Crippen molar-refractivity contribution in [1.82, 2.24) is 14.9 Å². The molecule has 86 valence electrons. The third-order valence-electron chi connectivity index (χ3n) is 2.80. The van der Waals surface area contributed by atoms with Gasteiger partial charge < -0.3 is 4.57 Å². The van der Waals surface area contributed by atoms with Crippen molar-refractivity contribution >= 4 is 26.8 Å². The first-order valence-electron chi connectivity index (χ1n) is 5.26. The molecule has 0 N–H and O–H groups in total. The van der Waals surface area contributed by atoms with Crippen molar-refractivity contribution in [2.75, 3.05) is 0 Å². The fourth-order valence-corrected chi connectivity index (χ4v) is 2.20. The Morgan fingerprint density at radius 3 is 2.94 bits per heavy atom. The number of hydrogen-bond donors (Lipinski definition) is 0. The van der Waals surface area contributed by atoms with Gasteiger partial charge in [0.25, 0.3) is 0 Å². The Labute approximate surface area is 106 Å². The van der Waals surface area contributed by atoms with Gasteiger partial charge in [-0.1, -0.05) is 32.3 Å². The second-order valence-corrected chi connectivity index (χ2v) is 4.86. The third-order valence-corrected chi connectivity index (χ3v) is 3.30. The lowest BCUT2D eigenvalue weighted by Crippen LogP contribution is -1.99. The van der Waals surface area contributed by atoms with Gasteiger partial charge in [-0.25, -0.2) is 4.63 Å². The topological polar surface area (TPSA) is 43.9 Å². The summed E-state index contributed by atoms with van der Waals surface area (Å²) >= 11 is 3.48. The van der Waals surface area contributed by atoms with Gasteiger partial charge in [-0.3, -0.25) is 0 Å². The van der Waals surface area contributed by atoms with Crippen LogP contribution in [0.5, 0.6) is 0 Å². The summed E-state index contributed by atoms with van der Waals surface area (Å²) in [5.74, 6) is 0. The zero-order valence-corrected chi connectivity index (χ0v) is 10.8. The minimum absolute atomic E-state index is 0.676. The maximum atomic E-state index is 4.71. The van der Waals surface area contributed by atoms with Crippen LogP contribution in [0.3, 0.4) is 0 Å². The fourth-order valence-electron chi connectivity index (χ4n) is 1.85. The number of fused-ring (bicyclic) bond motifs is 1. The molecule has 0 spiro atoms. The van der Waals surface area contributed by atoms with Crippen LogP contribution in [0.4, 0.5) is 0 Å². The lowest BCUT2D eigenvalue weighted by molar-refractivity contribution is 0.300. The lowest BCUT2D eigenvalue weighted by atomic mass is 10.2. The van der Waals surface area contributed by atoms with Crippen molar-refractivity contribution in [1.29, 1.82) is 0 Å². The normalized spacial score (nSPS) is 11.2. The summed E-state index contributed by atoms with van der Waals surface area (Å²) in [4.78, 5) is 0. The van der Waals surface area contributed by atoms with Gasteiger partial charge in [0.15, 0.2) is 0 Å². The van der Waals surface area contributed by atoms with Crippen LogP contribution in [0.2, 0.25) is 0 Å². The van der Waals surface area contributed by atoms with Crippen molar-refractivity contribution in [2.45, 2.75) is 13.5 Å². The molecular formula is C12H10BrN3O. The Balaban J connectivity index is 2.06. The van der Waals surface area contributed by atoms with Gasteiger partial charge in [0.1, 0.15) is 11.4 Å². The van der Waals surface area contributed by atoms with Crippen LogP contribution >= 0.6 is 15.9 Å². The molecule has 0 atom stereocenters. The highest BCUT2D eigenvalue weighted by Gasteiger charge is 2.08. The van der Waals surface area contributed by atoms with Crippen LogP contribution < -0.4 is 0 Å². The molecule has 5 heteroatoms. The summed E-state index contributed by atoms with van der Waals surface area (Å²) in [5.41, 5.74) is 2.87. The highest BCUT2D eigenvalue weighted by Crippen LogP contribution is 2.21. The molecule has 0 saturated heterocycles. The largest absolute Gasteiger partial charge is 0.341 e. The first-order valence-corrected chi connectivity index (χ1v) is 6.06. The van der Waals surface area contributed by atoms with E-state index in [4.69, 9.17) is 4.63 Å². The second-order valence-electron chi connectivity index (χ2n) is 3.94. The van der Waals surface area contributed by atoms with Crippen LogP contribution in [0.15, 0.2) is 39.6 Å². The number of benzene rings is 1. The summed E-state index contributed by atoms with van der Waals surface area (Å²) in [6, 6.07) is 8.31. The summed E-state index contributed by atoms with van der Waals surface area (Å²) in [6.07, 6.45) is 2.05. The molecule has 2 aromatic heterocycles. The minimum Gasteiger partial charge on any atom is -0.341 e. The molecule has 4 nitrogen and oxygen atoms in total. The second kappa shape index (κ2) is 4.00. The molecule has 0 bridgehead atoms. The Morgan fingerprint density at radius 2 is 2.18 bits per heavy atom. The number of aromatic nitrogens is 3. The highest BCUT2D eigenvalue weighted by atomic mass is 79.9. The zero-order chi connectivity index (χ0) is 11.8. The van der Waals surface area contributed by atoms with Gasteiger partial charge in [-0.05, 0) is 30.5 Å². The quantitative estimate of drug-likeness (QED) is 0.728. The Kier molecular flexibility index (Phi) is 2.48. The molecule has 0 aliphatic rings. The fraction of sp³-hybridized carbons (Fsp3) is 0.167. The van der Waals surface area contributed by atoms with Crippen molar-refractivity contribution in [3.63, 3.8) is 0 Å². The molecule has 0 amide bonds. The Bertz CT molecular complexity index is 671. The molecule has 3 rings (SSSR count). The van der Waals surface area contributed by atoms with Gasteiger partial charge in [0, 0.05) is 16.2 Å². The standard InChI is InChI=1S/C12H10BrN3O/c1-8-11(15-17-14-8)7-16-5-4-9-2-3-10(13)6-12(9)16/h2-6H,7H2,1H3. The van der Waals surface area contributed by atoms with Crippen molar-refractivity contribution in [2.24, 2.45) is 0 Å². The van der Waals surface area contributed by atoms with E-state index < -0.39 is 0 Å². The number of nitrogens with zero attached hydrogens (tertiary/aromatic N) is 3. The summed E-state index contributed by atoms with van der Waals surface area (Å²) < 4.78 is 7.91. The number of hydrogen-bond acceptors (Lipinski definition) is 3. The minimum atomic E-state index is 0.676. The molecule has 17 heavy (non-hydrogen) atoms. The highest BCUT2D eigenvalue weighted by molar-refractivity contribution is 9.10. The summed E-state index contributed by atoms with van der Waals surface area (Å²) in [6.45, 7) is 2.57. The monoisotopic (exact) mass is 291 g/mol. The van der Waals surface area contributed by atoms with Crippen molar-refractivity contribution < 1.29 is 4.63 Å². The van der Waals surface area contributed by atoms with Crippen LogP contribution in [-0.2, 0) is 6.54 Å². The van der Waals surface area contributed by atoms with Crippen LogP contribution in [0.1, 0.15) is 11.4 Å². The molecule has 0 radical (unpaired) electrons. The van der Waals surface area contributed by atoms with E-state index in [2.05, 4.69) is 49.0 Å². The van der Waals surface area contributed by atoms with Gasteiger partial charge in [-0.2, -0.15) is 0 Å². The SMILES string of the molecule is Cc1nonc1Cn1ccc2ccc(Br)cc21. The smallest absolute Gasteiger partial charge is 0.127 e. The molecule has 3 aromatic rings. The molecule has 1 aromatic carbocycles. The molecule has 0 unspecified atom stereocenters. The van der Waals surface area contributed by atoms with Crippen LogP contribution in [-0.4, -0.2) is 14.9 Å². The van der Waals surface area contributed by atoms with E-state index in [1.54, 1.807) is 0 Å². The average Bonchev–Trinajstić information content (AvgIpc) is 2.88. The molecule has 0 aliphatic heterocycles. The maximum absolute atomic E-state index is 4.71. The van der Waals surface area contributed by atoms with Gasteiger partial charge in [-0.15, -0.1) is 0 Å². The number of rotatable bonds is 2. The number of aryl methyl sites for hydroxylation is 1. The molecule has 0 fully saturated rings. The first-order chi connectivity index (χ1) is 8.24. The van der Waals surface area contributed by atoms with E-state index in [1.807, 2.05) is 19.2 Å².